The molecule has 15 amide bonds. The zero-order valence-corrected chi connectivity index (χ0v) is 57.8. The molecule has 2 aliphatic heterocycles. The minimum absolute atomic E-state index is 0.0628. The number of aliphatic hydroxyl groups excluding tert-OH is 2. The molecule has 0 aromatic heterocycles. The Morgan fingerprint density at radius 3 is 1.64 bits per heavy atom. The van der Waals surface area contributed by atoms with Crippen LogP contribution in [0.15, 0.2) is 66.7 Å². The molecule has 1 unspecified atom stereocenters. The Morgan fingerprint density at radius 1 is 0.562 bits per heavy atom. The SMILES string of the molecule is CC(C)C[C@H](NC(=O)[C@H](Cc1ccccc1)N1NC(=O)C([C@H](CO)NC(=O)[C@@H](CC(N)=O)NC(=O)c2ccc3cc(C(=O)N[C@@H](CCC(=O)O)C(=O)N[C@@H](C(C)C)[C@@H]4C[C@@H](CCC(=O)O)C(=O)N[C@@H](CC(=O)O)C(=O)N([C@@H](CCC(N)=O)C(N)=O)NC4=O)ccc3c2)CCC(=O)N[C@@H](CO)C1=O)C(N)=O. The van der Waals surface area contributed by atoms with Gasteiger partial charge in [-0.1, -0.05) is 70.2 Å². The highest BCUT2D eigenvalue weighted by molar-refractivity contribution is 6.05. The maximum Gasteiger partial charge on any atom is 0.305 e. The normalized spacial score (nSPS) is 19.4. The van der Waals surface area contributed by atoms with Crippen LogP contribution in [0.1, 0.15) is 131 Å². The highest BCUT2D eigenvalue weighted by atomic mass is 16.4. The van der Waals surface area contributed by atoms with Gasteiger partial charge in [0.15, 0.2) is 0 Å². The molecule has 12 atom stereocenters. The number of carboxylic acids is 3. The molecule has 0 saturated carbocycles. The largest absolute Gasteiger partial charge is 0.481 e. The Kier molecular flexibility index (Phi) is 31.3. The van der Waals surface area contributed by atoms with Gasteiger partial charge in [-0.15, -0.1) is 0 Å². The van der Waals surface area contributed by atoms with Gasteiger partial charge in [-0.2, -0.15) is 0 Å². The maximum absolute atomic E-state index is 14.7. The van der Waals surface area contributed by atoms with Gasteiger partial charge in [-0.25, -0.2) is 10.0 Å². The van der Waals surface area contributed by atoms with Crippen molar-refractivity contribution in [1.82, 2.24) is 58.1 Å². The smallest absolute Gasteiger partial charge is 0.305 e. The van der Waals surface area contributed by atoms with Crippen LogP contribution in [0.5, 0.6) is 0 Å². The third-order valence-electron chi connectivity index (χ3n) is 17.4. The molecular formula is C67H89N15O23. The zero-order valence-electron chi connectivity index (χ0n) is 57.8. The van der Waals surface area contributed by atoms with E-state index in [0.717, 1.165) is 0 Å². The lowest BCUT2D eigenvalue weighted by molar-refractivity contribution is -0.155. The van der Waals surface area contributed by atoms with Gasteiger partial charge in [-0.3, -0.25) is 97.2 Å². The summed E-state index contributed by atoms with van der Waals surface area (Å²) in [5.74, 6) is -26.9. The number of carbonyl (C=O) groups excluding carboxylic acids is 15. The Labute approximate surface area is 599 Å². The van der Waals surface area contributed by atoms with Crippen LogP contribution in [0.25, 0.3) is 10.8 Å². The number of nitrogens with zero attached hydrogens (tertiary/aromatic N) is 2. The van der Waals surface area contributed by atoms with E-state index in [4.69, 9.17) is 22.9 Å². The molecule has 570 valence electrons. The van der Waals surface area contributed by atoms with Crippen LogP contribution in [-0.2, 0) is 83.1 Å². The fourth-order valence-corrected chi connectivity index (χ4v) is 11.9. The summed E-state index contributed by atoms with van der Waals surface area (Å²) in [6.45, 7) is 4.42. The second kappa shape index (κ2) is 39.1. The van der Waals surface area contributed by atoms with Crippen LogP contribution in [0.2, 0.25) is 0 Å². The summed E-state index contributed by atoms with van der Waals surface area (Å²) in [7, 11) is 0. The third kappa shape index (κ3) is 24.8. The number of hydrogen-bond acceptors (Lipinski definition) is 20. The number of aliphatic carboxylic acids is 3. The van der Waals surface area contributed by atoms with Gasteiger partial charge in [-0.05, 0) is 91.0 Å². The first kappa shape index (κ1) is 84.0. The number of hydrazine groups is 2. The molecule has 2 heterocycles. The van der Waals surface area contributed by atoms with E-state index in [9.17, 15) is 112 Å². The molecule has 2 saturated heterocycles. The van der Waals surface area contributed by atoms with Crippen LogP contribution in [0.3, 0.4) is 0 Å². The molecule has 0 bridgehead atoms. The average Bonchev–Trinajstić information content (AvgIpc) is 0.815. The van der Waals surface area contributed by atoms with E-state index in [1.807, 2.05) is 0 Å². The lowest BCUT2D eigenvalue weighted by Gasteiger charge is -2.38. The maximum atomic E-state index is 14.7. The number of benzene rings is 3. The number of rotatable bonds is 36. The number of hydrogen-bond donors (Lipinski definition) is 18. The van der Waals surface area contributed by atoms with Crippen molar-refractivity contribution in [2.45, 2.75) is 166 Å². The van der Waals surface area contributed by atoms with E-state index in [-0.39, 0.29) is 40.7 Å². The second-order valence-electron chi connectivity index (χ2n) is 26.2. The quantitative estimate of drug-likeness (QED) is 0.0260. The van der Waals surface area contributed by atoms with Crippen LogP contribution in [0.4, 0.5) is 0 Å². The van der Waals surface area contributed by atoms with Crippen molar-refractivity contribution in [3.05, 3.63) is 83.4 Å². The molecular weight excluding hydrogens is 1380 g/mol. The molecule has 0 spiro atoms. The van der Waals surface area contributed by atoms with Crippen molar-refractivity contribution in [2.24, 2.45) is 52.5 Å². The molecule has 3 aromatic carbocycles. The molecule has 38 nitrogen and oxygen atoms in total. The van der Waals surface area contributed by atoms with E-state index in [1.54, 1.807) is 44.2 Å². The summed E-state index contributed by atoms with van der Waals surface area (Å²) in [5.41, 5.74) is 26.8. The fraction of sp³-hybridized carbons (Fsp3) is 0.493. The number of aliphatic hydroxyl groups is 2. The van der Waals surface area contributed by atoms with Gasteiger partial charge in [0.2, 0.25) is 65.0 Å². The molecule has 22 N–H and O–H groups in total. The lowest BCUT2D eigenvalue weighted by Crippen LogP contribution is -2.66. The lowest BCUT2D eigenvalue weighted by atomic mass is 9.80. The van der Waals surface area contributed by atoms with Crippen molar-refractivity contribution in [2.75, 3.05) is 13.2 Å². The molecule has 38 heteroatoms. The Balaban J connectivity index is 1.41. The second-order valence-corrected chi connectivity index (χ2v) is 26.2. The minimum atomic E-state index is -2.01. The number of carboxylic acid groups (broad SMARTS) is 3. The highest BCUT2D eigenvalue weighted by Crippen LogP contribution is 2.29. The summed E-state index contributed by atoms with van der Waals surface area (Å²) in [5, 5.41) is 68.7. The number of amides is 15. The summed E-state index contributed by atoms with van der Waals surface area (Å²) in [6, 6.07) is 0.565. The standard InChI is InChI=1S/C67H89N15O23/c1-31(2)22-42(56(70)94)74-65(103)48(23-33-8-6-5-7-9-33)82-67(105)46(30-84)72-51(87)19-15-39(61(99)79-82)45(29-83)77-64(102)43(27-50(69)86)75-59(97)37-13-11-34-24-36(12-10-35(34)25-37)58(96)73-41(16-21-53(90)91)63(101)78-55(32(3)4)40-26-38(14-20-52(88)89)60(98)76-44(28-54(92)93)66(104)81(80-62(40)100)47(57(71)95)17-18-49(68)85/h5-13,24-25,31-32,38-48,55,83-84H,14-23,26-30H2,1-4H3,(H2,68,85)(H2,69,86)(H2,70,94)(H2,71,95)(H,72,87)(H,73,96)(H,74,103)(H,75,97)(H,76,98)(H,77,102)(H,78,101)(H,79,99)(H,80,100)(H,88,89)(H,90,91)(H,92,93)/t38-,39?,40+,41+,42+,43-,44+,45+,46+,47+,48+,55+/m1/s1. The fourth-order valence-electron chi connectivity index (χ4n) is 11.9. The van der Waals surface area contributed by atoms with Gasteiger partial charge in [0, 0.05) is 55.2 Å². The number of carbonyl (C=O) groups is 18. The van der Waals surface area contributed by atoms with Gasteiger partial charge >= 0.3 is 17.9 Å². The molecule has 3 aromatic rings. The van der Waals surface area contributed by atoms with Crippen molar-refractivity contribution in [1.29, 1.82) is 0 Å². The van der Waals surface area contributed by atoms with Crippen LogP contribution >= 0.6 is 0 Å². The topological polar surface area (TPSA) is 627 Å². The van der Waals surface area contributed by atoms with Crippen molar-refractivity contribution < 1.29 is 112 Å². The first-order valence-electron chi connectivity index (χ1n) is 33.4. The van der Waals surface area contributed by atoms with E-state index >= 15 is 0 Å². The third-order valence-corrected chi connectivity index (χ3v) is 17.4. The molecule has 2 aliphatic rings. The van der Waals surface area contributed by atoms with Crippen LogP contribution in [-0.4, -0.2) is 210 Å². The summed E-state index contributed by atoms with van der Waals surface area (Å²) in [6.07, 6.45) is -7.68. The van der Waals surface area contributed by atoms with E-state index in [0.29, 0.717) is 15.6 Å². The van der Waals surface area contributed by atoms with Crippen molar-refractivity contribution in [3.8, 4) is 0 Å². The molecule has 5 rings (SSSR count). The molecule has 0 radical (unpaired) electrons. The zero-order chi connectivity index (χ0) is 78.3. The first-order chi connectivity index (χ1) is 49.4. The van der Waals surface area contributed by atoms with Gasteiger partial charge in [0.05, 0.1) is 43.9 Å². The predicted octanol–water partition coefficient (Wildman–Crippen LogP) is -4.79. The average molecular weight is 1470 g/mol. The Bertz CT molecular complexity index is 3800. The van der Waals surface area contributed by atoms with E-state index < -0.39 is 268 Å². The first-order valence-corrected chi connectivity index (χ1v) is 33.4. The summed E-state index contributed by atoms with van der Waals surface area (Å²) < 4.78 is 0. The molecule has 0 aliphatic carbocycles. The number of nitrogens with one attached hydrogen (secondary N) is 9. The monoisotopic (exact) mass is 1470 g/mol. The van der Waals surface area contributed by atoms with Crippen molar-refractivity contribution in [3.63, 3.8) is 0 Å². The highest BCUT2D eigenvalue weighted by Gasteiger charge is 2.46. The van der Waals surface area contributed by atoms with Crippen LogP contribution < -0.4 is 71.0 Å². The van der Waals surface area contributed by atoms with Crippen LogP contribution in [0, 0.1) is 29.6 Å². The number of primary amides is 4. The Hall–Kier alpha value is -11.7. The number of fused-ring (bicyclic) bond motifs is 1. The van der Waals surface area contributed by atoms with Gasteiger partial charge in [0.1, 0.15) is 42.3 Å². The van der Waals surface area contributed by atoms with Gasteiger partial charge < -0.3 is 85.7 Å². The van der Waals surface area contributed by atoms with Crippen molar-refractivity contribution >= 4 is 117 Å². The molecule has 2 fully saturated rings. The predicted molar refractivity (Wildman–Crippen MR) is 363 cm³/mol. The minimum Gasteiger partial charge on any atom is -0.481 e. The summed E-state index contributed by atoms with van der Waals surface area (Å²) >= 11 is 0. The van der Waals surface area contributed by atoms with E-state index in [1.165, 1.54) is 50.2 Å². The Morgan fingerprint density at radius 2 is 1.12 bits per heavy atom. The summed E-state index contributed by atoms with van der Waals surface area (Å²) in [4.78, 5) is 242. The van der Waals surface area contributed by atoms with Gasteiger partial charge in [0.25, 0.3) is 23.6 Å². The van der Waals surface area contributed by atoms with E-state index in [2.05, 4.69) is 48.1 Å². The number of nitrogens with two attached hydrogens (primary N) is 4. The molecule has 105 heavy (non-hydrogen) atoms.